The minimum atomic E-state index is -0.378. The molecule has 1 atom stereocenters. The predicted octanol–water partition coefficient (Wildman–Crippen LogP) is 5.04. The van der Waals surface area contributed by atoms with Crippen molar-refractivity contribution in [2.24, 2.45) is 0 Å². The normalized spacial score (nSPS) is 13.6. The average molecular weight is 415 g/mol. The zero-order chi connectivity index (χ0) is 22.0. The molecule has 0 fully saturated rings. The quantitative estimate of drug-likeness (QED) is 0.615. The van der Waals surface area contributed by atoms with E-state index in [2.05, 4.69) is 11.4 Å². The van der Waals surface area contributed by atoms with Crippen LogP contribution in [-0.2, 0) is 11.3 Å². The van der Waals surface area contributed by atoms with E-state index < -0.39 is 0 Å². The van der Waals surface area contributed by atoms with Crippen molar-refractivity contribution in [1.29, 1.82) is 0 Å². The molecule has 0 aromatic heterocycles. The number of anilines is 1. The Morgan fingerprint density at radius 2 is 1.71 bits per heavy atom. The van der Waals surface area contributed by atoms with E-state index in [9.17, 15) is 9.59 Å². The number of fused-ring (bicyclic) bond motifs is 1. The Kier molecular flexibility index (Phi) is 5.76. The maximum Gasteiger partial charge on any atom is 0.255 e. The van der Waals surface area contributed by atoms with E-state index in [1.807, 2.05) is 74.5 Å². The van der Waals surface area contributed by atoms with Crippen molar-refractivity contribution in [3.05, 3.63) is 94.5 Å². The minimum Gasteiger partial charge on any atom is -0.497 e. The second kappa shape index (κ2) is 8.64. The number of nitrogens with one attached hydrogen (secondary N) is 1. The van der Waals surface area contributed by atoms with E-state index in [-0.39, 0.29) is 24.3 Å². The summed E-state index contributed by atoms with van der Waals surface area (Å²) < 4.78 is 5.27. The van der Waals surface area contributed by atoms with Gasteiger partial charge in [0, 0.05) is 17.8 Å². The fraction of sp³-hybridized carbons (Fsp3) is 0.231. The number of methoxy groups -OCH3 is 1. The summed E-state index contributed by atoms with van der Waals surface area (Å²) >= 11 is 0. The van der Waals surface area contributed by atoms with Crippen molar-refractivity contribution in [2.45, 2.75) is 32.9 Å². The second-order valence-corrected chi connectivity index (χ2v) is 8.01. The number of benzene rings is 3. The zero-order valence-electron chi connectivity index (χ0n) is 18.0. The van der Waals surface area contributed by atoms with Gasteiger partial charge in [0.25, 0.3) is 5.91 Å². The Hall–Kier alpha value is -3.60. The van der Waals surface area contributed by atoms with Gasteiger partial charge < -0.3 is 15.0 Å². The van der Waals surface area contributed by atoms with Crippen LogP contribution in [0, 0.1) is 13.8 Å². The third kappa shape index (κ3) is 4.45. The van der Waals surface area contributed by atoms with Gasteiger partial charge in [0.15, 0.2) is 0 Å². The molecule has 4 rings (SSSR count). The van der Waals surface area contributed by atoms with Crippen molar-refractivity contribution in [3.63, 3.8) is 0 Å². The second-order valence-electron chi connectivity index (χ2n) is 8.01. The lowest BCUT2D eigenvalue weighted by molar-refractivity contribution is -0.117. The number of hydrogen-bond donors (Lipinski definition) is 1. The highest BCUT2D eigenvalue weighted by molar-refractivity contribution is 5.99. The van der Waals surface area contributed by atoms with Gasteiger partial charge in [-0.2, -0.15) is 0 Å². The number of carbonyl (C=O) groups is 2. The SMILES string of the molecule is COc1ccc([C@H](CC(=O)Nc2cc(C)cc(C)c2)N2Cc3ccccc3C2=O)cc1. The Morgan fingerprint density at radius 3 is 2.35 bits per heavy atom. The largest absolute Gasteiger partial charge is 0.497 e. The van der Waals surface area contributed by atoms with Crippen LogP contribution in [0.3, 0.4) is 0 Å². The van der Waals surface area contributed by atoms with Crippen LogP contribution >= 0.6 is 0 Å². The predicted molar refractivity (Wildman–Crippen MR) is 121 cm³/mol. The van der Waals surface area contributed by atoms with Crippen molar-refractivity contribution in [1.82, 2.24) is 4.90 Å². The number of carbonyl (C=O) groups excluding carboxylic acids is 2. The first kappa shape index (κ1) is 20.7. The summed E-state index contributed by atoms with van der Waals surface area (Å²) in [5.41, 5.74) is 5.54. The molecular weight excluding hydrogens is 388 g/mol. The summed E-state index contributed by atoms with van der Waals surface area (Å²) in [5, 5.41) is 3.00. The lowest BCUT2D eigenvalue weighted by Crippen LogP contribution is -2.32. The molecule has 0 bridgehead atoms. The van der Waals surface area contributed by atoms with Crippen LogP contribution in [0.1, 0.15) is 45.1 Å². The smallest absolute Gasteiger partial charge is 0.255 e. The molecule has 1 aliphatic rings. The van der Waals surface area contributed by atoms with Crippen molar-refractivity contribution in [3.8, 4) is 5.75 Å². The van der Waals surface area contributed by atoms with Crippen LogP contribution < -0.4 is 10.1 Å². The Bertz CT molecular complexity index is 1100. The summed E-state index contributed by atoms with van der Waals surface area (Å²) in [4.78, 5) is 27.9. The molecule has 0 saturated heterocycles. The van der Waals surface area contributed by atoms with Gasteiger partial charge in [0.05, 0.1) is 19.6 Å². The Labute approximate surface area is 182 Å². The van der Waals surface area contributed by atoms with Crippen LogP contribution in [0.15, 0.2) is 66.7 Å². The molecule has 0 spiro atoms. The van der Waals surface area contributed by atoms with Crippen molar-refractivity contribution >= 4 is 17.5 Å². The first-order chi connectivity index (χ1) is 14.9. The Morgan fingerprint density at radius 1 is 1.03 bits per heavy atom. The molecule has 2 amide bonds. The number of amides is 2. The third-order valence-electron chi connectivity index (χ3n) is 5.61. The van der Waals surface area contributed by atoms with E-state index in [1.165, 1.54) is 0 Å². The lowest BCUT2D eigenvalue weighted by Gasteiger charge is -2.28. The maximum absolute atomic E-state index is 13.1. The summed E-state index contributed by atoms with van der Waals surface area (Å²) in [7, 11) is 1.62. The summed E-state index contributed by atoms with van der Waals surface area (Å²) in [6, 6.07) is 20.8. The molecule has 0 saturated carbocycles. The van der Waals surface area contributed by atoms with E-state index >= 15 is 0 Å². The zero-order valence-corrected chi connectivity index (χ0v) is 18.0. The van der Waals surface area contributed by atoms with Crippen molar-refractivity contribution < 1.29 is 14.3 Å². The van der Waals surface area contributed by atoms with Gasteiger partial charge >= 0.3 is 0 Å². The Balaban J connectivity index is 1.61. The average Bonchev–Trinajstić information content (AvgIpc) is 3.08. The highest BCUT2D eigenvalue weighted by Gasteiger charge is 2.34. The molecule has 1 aliphatic heterocycles. The molecule has 0 unspecified atom stereocenters. The van der Waals surface area contributed by atoms with Crippen LogP contribution in [0.4, 0.5) is 5.69 Å². The molecular formula is C26H26N2O3. The van der Waals surface area contributed by atoms with Crippen LogP contribution in [-0.4, -0.2) is 23.8 Å². The van der Waals surface area contributed by atoms with Gasteiger partial charge in [-0.3, -0.25) is 9.59 Å². The first-order valence-electron chi connectivity index (χ1n) is 10.4. The van der Waals surface area contributed by atoms with Crippen molar-refractivity contribution in [2.75, 3.05) is 12.4 Å². The summed E-state index contributed by atoms with van der Waals surface area (Å²) in [5.74, 6) is 0.559. The number of nitrogens with zero attached hydrogens (tertiary/aromatic N) is 1. The molecule has 0 radical (unpaired) electrons. The van der Waals surface area contributed by atoms with Gasteiger partial charge in [0.1, 0.15) is 5.75 Å². The van der Waals surface area contributed by atoms with E-state index in [4.69, 9.17) is 4.74 Å². The van der Waals surface area contributed by atoms with Crippen LogP contribution in [0.25, 0.3) is 0 Å². The summed E-state index contributed by atoms with van der Waals surface area (Å²) in [6.45, 7) is 4.49. The van der Waals surface area contributed by atoms with Gasteiger partial charge in [-0.1, -0.05) is 36.4 Å². The topological polar surface area (TPSA) is 58.6 Å². The molecule has 1 N–H and O–H groups in total. The van der Waals surface area contributed by atoms with E-state index in [0.29, 0.717) is 12.1 Å². The maximum atomic E-state index is 13.1. The molecule has 31 heavy (non-hydrogen) atoms. The van der Waals surface area contributed by atoms with E-state index in [1.54, 1.807) is 12.0 Å². The first-order valence-corrected chi connectivity index (χ1v) is 10.4. The third-order valence-corrected chi connectivity index (χ3v) is 5.61. The van der Waals surface area contributed by atoms with Gasteiger partial charge in [-0.15, -0.1) is 0 Å². The monoisotopic (exact) mass is 414 g/mol. The highest BCUT2D eigenvalue weighted by atomic mass is 16.5. The molecule has 3 aromatic carbocycles. The standard InChI is InChI=1S/C26H26N2O3/c1-17-12-18(2)14-21(13-17)27-25(29)15-24(19-8-10-22(31-3)11-9-19)28-16-20-6-4-5-7-23(20)26(28)30/h4-14,24H,15-16H2,1-3H3,(H,27,29)/t24-/m0/s1. The van der Waals surface area contributed by atoms with E-state index in [0.717, 1.165) is 33.7 Å². The van der Waals surface area contributed by atoms with Gasteiger partial charge in [-0.25, -0.2) is 0 Å². The van der Waals surface area contributed by atoms with Crippen LogP contribution in [0.2, 0.25) is 0 Å². The number of rotatable bonds is 6. The van der Waals surface area contributed by atoms with Gasteiger partial charge in [-0.05, 0) is 66.4 Å². The minimum absolute atomic E-state index is 0.0457. The molecule has 1 heterocycles. The molecule has 5 heteroatoms. The molecule has 158 valence electrons. The molecule has 0 aliphatic carbocycles. The fourth-order valence-electron chi connectivity index (χ4n) is 4.20. The van der Waals surface area contributed by atoms with Crippen LogP contribution in [0.5, 0.6) is 5.75 Å². The fourth-order valence-corrected chi connectivity index (χ4v) is 4.20. The number of ether oxygens (including phenoxy) is 1. The number of aryl methyl sites for hydroxylation is 2. The lowest BCUT2D eigenvalue weighted by atomic mass is 10.0. The molecule has 5 nitrogen and oxygen atoms in total. The van der Waals surface area contributed by atoms with Gasteiger partial charge in [0.2, 0.25) is 5.91 Å². The number of hydrogen-bond acceptors (Lipinski definition) is 3. The molecule has 3 aromatic rings. The highest BCUT2D eigenvalue weighted by Crippen LogP contribution is 2.34. The summed E-state index contributed by atoms with van der Waals surface area (Å²) in [6.07, 6.45) is 0.166.